The van der Waals surface area contributed by atoms with Crippen LogP contribution in [0.2, 0.25) is 0 Å². The minimum absolute atomic E-state index is 0.308. The lowest BCUT2D eigenvalue weighted by atomic mass is 10.0. The van der Waals surface area contributed by atoms with Crippen LogP contribution in [0.5, 0.6) is 5.75 Å². The molecule has 0 saturated carbocycles. The van der Waals surface area contributed by atoms with Crippen molar-refractivity contribution in [3.05, 3.63) is 28.2 Å². The molecule has 1 aromatic carbocycles. The van der Waals surface area contributed by atoms with Gasteiger partial charge in [-0.15, -0.1) is 0 Å². The minimum Gasteiger partial charge on any atom is -0.492 e. The molecule has 1 saturated heterocycles. The van der Waals surface area contributed by atoms with Crippen molar-refractivity contribution >= 4 is 15.9 Å². The van der Waals surface area contributed by atoms with Crippen LogP contribution in [-0.4, -0.2) is 37.7 Å². The second kappa shape index (κ2) is 8.16. The maximum absolute atomic E-state index is 6.18. The number of benzene rings is 1. The summed E-state index contributed by atoms with van der Waals surface area (Å²) in [5.74, 6) is 0.997. The number of likely N-dealkylation sites (tertiary alicyclic amines) is 1. The molecule has 0 spiro atoms. The van der Waals surface area contributed by atoms with Crippen LogP contribution >= 0.6 is 15.9 Å². The van der Waals surface area contributed by atoms with Crippen LogP contribution in [0.15, 0.2) is 22.7 Å². The fourth-order valence-corrected chi connectivity index (χ4v) is 3.29. The first-order chi connectivity index (χ1) is 10.1. The van der Waals surface area contributed by atoms with E-state index in [2.05, 4.69) is 65.2 Å². The van der Waals surface area contributed by atoms with E-state index in [4.69, 9.17) is 4.74 Å². The van der Waals surface area contributed by atoms with Crippen LogP contribution in [0.4, 0.5) is 0 Å². The van der Waals surface area contributed by atoms with Gasteiger partial charge >= 0.3 is 0 Å². The molecule has 2 rings (SSSR count). The van der Waals surface area contributed by atoms with Gasteiger partial charge in [-0.1, -0.05) is 35.3 Å². The lowest BCUT2D eigenvalue weighted by Crippen LogP contribution is -2.40. The predicted molar refractivity (Wildman–Crippen MR) is 92.0 cm³/mol. The SMILES string of the molecule is CCNC(C)c1ccc(Br)cc1OCC1CCCCN1C. The summed E-state index contributed by atoms with van der Waals surface area (Å²) in [6.45, 7) is 7.24. The maximum atomic E-state index is 6.18. The van der Waals surface area contributed by atoms with E-state index in [1.165, 1.54) is 31.4 Å². The number of piperidine rings is 1. The van der Waals surface area contributed by atoms with Gasteiger partial charge in [-0.25, -0.2) is 0 Å². The molecule has 0 radical (unpaired) electrons. The van der Waals surface area contributed by atoms with Crippen molar-refractivity contribution < 1.29 is 4.74 Å². The van der Waals surface area contributed by atoms with Crippen LogP contribution in [0.1, 0.15) is 44.7 Å². The first-order valence-corrected chi connectivity index (χ1v) is 8.77. The largest absolute Gasteiger partial charge is 0.492 e. The molecule has 1 N–H and O–H groups in total. The molecule has 118 valence electrons. The molecule has 1 aromatic rings. The van der Waals surface area contributed by atoms with Crippen molar-refractivity contribution in [2.45, 2.75) is 45.2 Å². The van der Waals surface area contributed by atoms with E-state index in [9.17, 15) is 0 Å². The number of hydrogen-bond donors (Lipinski definition) is 1. The summed E-state index contributed by atoms with van der Waals surface area (Å²) in [6, 6.07) is 7.17. The van der Waals surface area contributed by atoms with E-state index in [0.717, 1.165) is 23.4 Å². The molecule has 2 atom stereocenters. The first kappa shape index (κ1) is 16.8. The topological polar surface area (TPSA) is 24.5 Å². The zero-order valence-electron chi connectivity index (χ0n) is 13.4. The molecule has 4 heteroatoms. The third-order valence-corrected chi connectivity index (χ3v) is 4.80. The monoisotopic (exact) mass is 354 g/mol. The summed E-state index contributed by atoms with van der Waals surface area (Å²) in [4.78, 5) is 2.43. The zero-order valence-corrected chi connectivity index (χ0v) is 14.9. The van der Waals surface area contributed by atoms with Gasteiger partial charge in [0.25, 0.3) is 0 Å². The molecule has 3 nitrogen and oxygen atoms in total. The molecular weight excluding hydrogens is 328 g/mol. The fraction of sp³-hybridized carbons (Fsp3) is 0.647. The zero-order chi connectivity index (χ0) is 15.2. The Balaban J connectivity index is 2.05. The normalized spacial score (nSPS) is 21.2. The van der Waals surface area contributed by atoms with Crippen molar-refractivity contribution in [1.29, 1.82) is 0 Å². The van der Waals surface area contributed by atoms with Crippen molar-refractivity contribution in [2.75, 3.05) is 26.7 Å². The highest BCUT2D eigenvalue weighted by molar-refractivity contribution is 9.10. The molecule has 0 bridgehead atoms. The number of nitrogens with one attached hydrogen (secondary N) is 1. The summed E-state index contributed by atoms with van der Waals surface area (Å²) >= 11 is 3.55. The van der Waals surface area contributed by atoms with Gasteiger partial charge in [0.05, 0.1) is 0 Å². The number of nitrogens with zero attached hydrogens (tertiary/aromatic N) is 1. The average Bonchev–Trinajstić information content (AvgIpc) is 2.46. The van der Waals surface area contributed by atoms with E-state index < -0.39 is 0 Å². The van der Waals surface area contributed by atoms with E-state index in [-0.39, 0.29) is 0 Å². The summed E-state index contributed by atoms with van der Waals surface area (Å²) in [5, 5.41) is 3.46. The average molecular weight is 355 g/mol. The highest BCUT2D eigenvalue weighted by atomic mass is 79.9. The maximum Gasteiger partial charge on any atom is 0.125 e. The molecule has 1 aliphatic heterocycles. The quantitative estimate of drug-likeness (QED) is 0.835. The fourth-order valence-electron chi connectivity index (χ4n) is 2.95. The van der Waals surface area contributed by atoms with Gasteiger partial charge in [0.1, 0.15) is 12.4 Å². The van der Waals surface area contributed by atoms with Crippen molar-refractivity contribution in [2.24, 2.45) is 0 Å². The highest BCUT2D eigenvalue weighted by Crippen LogP contribution is 2.29. The molecular formula is C17H27BrN2O. The molecule has 2 unspecified atom stereocenters. The Kier molecular flexibility index (Phi) is 6.52. The lowest BCUT2D eigenvalue weighted by Gasteiger charge is -2.32. The molecule has 1 heterocycles. The van der Waals surface area contributed by atoms with E-state index in [1.54, 1.807) is 0 Å². The Labute approximate surface area is 137 Å². The number of ether oxygens (including phenoxy) is 1. The Morgan fingerprint density at radius 3 is 2.95 bits per heavy atom. The van der Waals surface area contributed by atoms with Gasteiger partial charge in [-0.2, -0.15) is 0 Å². The van der Waals surface area contributed by atoms with Gasteiger partial charge in [-0.05, 0) is 52.0 Å². The van der Waals surface area contributed by atoms with Crippen LogP contribution in [-0.2, 0) is 0 Å². The molecule has 0 aliphatic carbocycles. The molecule has 1 fully saturated rings. The first-order valence-electron chi connectivity index (χ1n) is 7.97. The minimum atomic E-state index is 0.308. The third kappa shape index (κ3) is 4.70. The van der Waals surface area contributed by atoms with Gasteiger partial charge in [0.15, 0.2) is 0 Å². The second-order valence-electron chi connectivity index (χ2n) is 5.90. The molecule has 0 aromatic heterocycles. The predicted octanol–water partition coefficient (Wildman–Crippen LogP) is 3.98. The number of halogens is 1. The van der Waals surface area contributed by atoms with E-state index in [0.29, 0.717) is 12.1 Å². The van der Waals surface area contributed by atoms with Crippen molar-refractivity contribution in [3.8, 4) is 5.75 Å². The summed E-state index contributed by atoms with van der Waals surface area (Å²) in [7, 11) is 2.20. The number of hydrogen-bond acceptors (Lipinski definition) is 3. The van der Waals surface area contributed by atoms with Crippen molar-refractivity contribution in [1.82, 2.24) is 10.2 Å². The third-order valence-electron chi connectivity index (χ3n) is 4.31. The van der Waals surface area contributed by atoms with E-state index in [1.807, 2.05) is 0 Å². The summed E-state index contributed by atoms with van der Waals surface area (Å²) < 4.78 is 7.25. The second-order valence-corrected chi connectivity index (χ2v) is 6.82. The van der Waals surface area contributed by atoms with Crippen LogP contribution < -0.4 is 10.1 Å². The van der Waals surface area contributed by atoms with Gasteiger partial charge < -0.3 is 15.0 Å². The Morgan fingerprint density at radius 2 is 2.24 bits per heavy atom. The molecule has 0 amide bonds. The van der Waals surface area contributed by atoms with Crippen LogP contribution in [0.25, 0.3) is 0 Å². The summed E-state index contributed by atoms with van der Waals surface area (Å²) in [6.07, 6.45) is 3.87. The molecule has 21 heavy (non-hydrogen) atoms. The standard InChI is InChI=1S/C17H27BrN2O/c1-4-19-13(2)16-9-8-14(18)11-17(16)21-12-15-7-5-6-10-20(15)3/h8-9,11,13,15,19H,4-7,10,12H2,1-3H3. The highest BCUT2D eigenvalue weighted by Gasteiger charge is 2.20. The van der Waals surface area contributed by atoms with Gasteiger partial charge in [-0.3, -0.25) is 0 Å². The lowest BCUT2D eigenvalue weighted by molar-refractivity contribution is 0.124. The van der Waals surface area contributed by atoms with Gasteiger partial charge in [0.2, 0.25) is 0 Å². The Hall–Kier alpha value is -0.580. The number of likely N-dealkylation sites (N-methyl/N-ethyl adjacent to an activating group) is 1. The van der Waals surface area contributed by atoms with Crippen LogP contribution in [0.3, 0.4) is 0 Å². The Bertz CT molecular complexity index is 452. The van der Waals surface area contributed by atoms with Crippen LogP contribution in [0, 0.1) is 0 Å². The molecule has 1 aliphatic rings. The summed E-state index contributed by atoms with van der Waals surface area (Å²) in [5.41, 5.74) is 1.23. The van der Waals surface area contributed by atoms with Gasteiger partial charge in [0, 0.05) is 22.1 Å². The van der Waals surface area contributed by atoms with Crippen molar-refractivity contribution in [3.63, 3.8) is 0 Å². The number of rotatable bonds is 6. The Morgan fingerprint density at radius 1 is 1.43 bits per heavy atom. The smallest absolute Gasteiger partial charge is 0.125 e. The van der Waals surface area contributed by atoms with E-state index >= 15 is 0 Å².